The van der Waals surface area contributed by atoms with Gasteiger partial charge in [-0.1, -0.05) is 24.4 Å². The van der Waals surface area contributed by atoms with Gasteiger partial charge in [-0.2, -0.15) is 0 Å². The first-order valence-corrected chi connectivity index (χ1v) is 12.5. The topological polar surface area (TPSA) is 61.9 Å². The number of piperazine rings is 1. The molecule has 1 saturated carbocycles. The Labute approximate surface area is 196 Å². The highest BCUT2D eigenvalue weighted by Gasteiger charge is 2.33. The number of benzene rings is 1. The Morgan fingerprint density at radius 1 is 1.19 bits per heavy atom. The molecule has 1 aromatic carbocycles. The van der Waals surface area contributed by atoms with E-state index in [1.807, 2.05) is 19.1 Å². The smallest absolute Gasteiger partial charge is 0.226 e. The molecule has 2 amide bonds. The summed E-state index contributed by atoms with van der Waals surface area (Å²) in [6.07, 6.45) is 5.90. The van der Waals surface area contributed by atoms with Gasteiger partial charge in [-0.15, -0.1) is 0 Å². The summed E-state index contributed by atoms with van der Waals surface area (Å²) in [5.41, 5.74) is 2.97. The third-order valence-electron chi connectivity index (χ3n) is 7.35. The minimum atomic E-state index is 0.0180. The molecular formula is C25H36ClN3O3. The molecular weight excluding hydrogens is 426 g/mol. The van der Waals surface area contributed by atoms with Crippen molar-refractivity contribution in [3.8, 4) is 0 Å². The minimum absolute atomic E-state index is 0.0180. The van der Waals surface area contributed by atoms with E-state index in [2.05, 4.69) is 22.0 Å². The number of nitrogens with zero attached hydrogens (tertiary/aromatic N) is 2. The number of ether oxygens (including phenoxy) is 1. The zero-order valence-corrected chi connectivity index (χ0v) is 20.1. The standard InChI is InChI=1S/C25H36ClN3O3/c1-17-14-28(8-9-29(17)25(31)20-5-3-4-6-20)15-21-12-22(26)13-23(18(21)2)27-24(30)11-19-7-10-32-16-19/h12-13,17,19-20H,3-11,14-16H2,1-2H3,(H,27,30)/t17-,19-/m0/s1. The molecule has 7 heteroatoms. The van der Waals surface area contributed by atoms with Gasteiger partial charge in [0, 0.05) is 68.5 Å². The van der Waals surface area contributed by atoms with Crippen LogP contribution >= 0.6 is 11.6 Å². The summed E-state index contributed by atoms with van der Waals surface area (Å²) in [6.45, 7) is 8.87. The Bertz CT molecular complexity index is 834. The Morgan fingerprint density at radius 2 is 1.97 bits per heavy atom. The van der Waals surface area contributed by atoms with Gasteiger partial charge in [-0.25, -0.2) is 0 Å². The average Bonchev–Trinajstić information content (AvgIpc) is 3.45. The molecule has 2 saturated heterocycles. The second-order valence-electron chi connectivity index (χ2n) is 9.82. The lowest BCUT2D eigenvalue weighted by molar-refractivity contribution is -0.140. The SMILES string of the molecule is Cc1c(CN2CCN(C(=O)C3CCCC3)[C@@H](C)C2)cc(Cl)cc1NC(=O)C[C@@H]1CCOC1. The molecule has 0 bridgehead atoms. The van der Waals surface area contributed by atoms with Crippen molar-refractivity contribution in [1.29, 1.82) is 0 Å². The van der Waals surface area contributed by atoms with Gasteiger partial charge in [-0.05, 0) is 62.3 Å². The number of rotatable bonds is 6. The molecule has 0 radical (unpaired) electrons. The lowest BCUT2D eigenvalue weighted by atomic mass is 10.0. The third kappa shape index (κ3) is 5.64. The fourth-order valence-corrected chi connectivity index (χ4v) is 5.63. The maximum absolute atomic E-state index is 12.9. The molecule has 1 aliphatic carbocycles. The zero-order valence-electron chi connectivity index (χ0n) is 19.4. The molecule has 1 N–H and O–H groups in total. The summed E-state index contributed by atoms with van der Waals surface area (Å²) in [7, 11) is 0. The quantitative estimate of drug-likeness (QED) is 0.688. The normalized spacial score (nSPS) is 24.8. The predicted octanol–water partition coefficient (Wildman–Crippen LogP) is 4.24. The van der Waals surface area contributed by atoms with Crippen molar-refractivity contribution in [2.75, 3.05) is 38.2 Å². The maximum Gasteiger partial charge on any atom is 0.226 e. The summed E-state index contributed by atoms with van der Waals surface area (Å²) in [4.78, 5) is 29.9. The van der Waals surface area contributed by atoms with Gasteiger partial charge < -0.3 is 15.0 Å². The van der Waals surface area contributed by atoms with Crippen LogP contribution in [0.2, 0.25) is 5.02 Å². The number of halogens is 1. The van der Waals surface area contributed by atoms with E-state index in [0.29, 0.717) is 29.9 Å². The summed E-state index contributed by atoms with van der Waals surface area (Å²) in [5.74, 6) is 0.913. The molecule has 2 aliphatic heterocycles. The Kier molecular flexibility index (Phi) is 7.74. The fourth-order valence-electron chi connectivity index (χ4n) is 5.39. The van der Waals surface area contributed by atoms with Gasteiger partial charge in [0.05, 0.1) is 0 Å². The van der Waals surface area contributed by atoms with Crippen molar-refractivity contribution >= 4 is 29.1 Å². The molecule has 32 heavy (non-hydrogen) atoms. The molecule has 3 aliphatic rings. The van der Waals surface area contributed by atoms with Crippen LogP contribution in [0.1, 0.15) is 56.6 Å². The molecule has 2 heterocycles. The van der Waals surface area contributed by atoms with E-state index in [-0.39, 0.29) is 17.9 Å². The van der Waals surface area contributed by atoms with E-state index >= 15 is 0 Å². The average molecular weight is 462 g/mol. The predicted molar refractivity (Wildman–Crippen MR) is 127 cm³/mol. The van der Waals surface area contributed by atoms with Gasteiger partial charge in [0.2, 0.25) is 11.8 Å². The molecule has 0 aromatic heterocycles. The van der Waals surface area contributed by atoms with Crippen molar-refractivity contribution in [2.45, 2.75) is 65.0 Å². The van der Waals surface area contributed by atoms with Crippen molar-refractivity contribution in [3.63, 3.8) is 0 Å². The van der Waals surface area contributed by atoms with Crippen molar-refractivity contribution in [1.82, 2.24) is 9.80 Å². The van der Waals surface area contributed by atoms with E-state index in [1.54, 1.807) is 0 Å². The van der Waals surface area contributed by atoms with Crippen molar-refractivity contribution < 1.29 is 14.3 Å². The first kappa shape index (κ1) is 23.5. The number of carbonyl (C=O) groups is 2. The Morgan fingerprint density at radius 3 is 2.66 bits per heavy atom. The minimum Gasteiger partial charge on any atom is -0.381 e. The third-order valence-corrected chi connectivity index (χ3v) is 7.56. The van der Waals surface area contributed by atoms with E-state index in [9.17, 15) is 9.59 Å². The van der Waals surface area contributed by atoms with Crippen molar-refractivity contribution in [3.05, 3.63) is 28.3 Å². The highest BCUT2D eigenvalue weighted by Crippen LogP contribution is 2.30. The van der Waals surface area contributed by atoms with Gasteiger partial charge in [0.1, 0.15) is 0 Å². The lowest BCUT2D eigenvalue weighted by Gasteiger charge is -2.41. The molecule has 6 nitrogen and oxygen atoms in total. The van der Waals surface area contributed by atoms with Crippen LogP contribution < -0.4 is 5.32 Å². The molecule has 4 rings (SSSR count). The lowest BCUT2D eigenvalue weighted by Crippen LogP contribution is -2.54. The van der Waals surface area contributed by atoms with E-state index in [4.69, 9.17) is 16.3 Å². The van der Waals surface area contributed by atoms with Crippen LogP contribution in [-0.4, -0.2) is 60.5 Å². The van der Waals surface area contributed by atoms with Gasteiger partial charge in [0.25, 0.3) is 0 Å². The van der Waals surface area contributed by atoms with Crippen molar-refractivity contribution in [2.24, 2.45) is 11.8 Å². The highest BCUT2D eigenvalue weighted by molar-refractivity contribution is 6.31. The summed E-state index contributed by atoms with van der Waals surface area (Å²) in [6, 6.07) is 4.05. The summed E-state index contributed by atoms with van der Waals surface area (Å²) >= 11 is 6.42. The summed E-state index contributed by atoms with van der Waals surface area (Å²) < 4.78 is 5.38. The summed E-state index contributed by atoms with van der Waals surface area (Å²) in [5, 5.41) is 3.70. The highest BCUT2D eigenvalue weighted by atomic mass is 35.5. The molecule has 0 unspecified atom stereocenters. The van der Waals surface area contributed by atoms with Gasteiger partial charge in [0.15, 0.2) is 0 Å². The maximum atomic E-state index is 12.9. The van der Waals surface area contributed by atoms with Gasteiger partial charge >= 0.3 is 0 Å². The Hall–Kier alpha value is -1.63. The van der Waals surface area contributed by atoms with Crippen LogP contribution in [0, 0.1) is 18.8 Å². The second-order valence-corrected chi connectivity index (χ2v) is 10.3. The number of amides is 2. The van der Waals surface area contributed by atoms with Crippen LogP contribution in [0.25, 0.3) is 0 Å². The van der Waals surface area contributed by atoms with Gasteiger partial charge in [-0.3, -0.25) is 14.5 Å². The van der Waals surface area contributed by atoms with Crippen LogP contribution in [0.15, 0.2) is 12.1 Å². The molecule has 3 fully saturated rings. The Balaban J connectivity index is 1.36. The number of carbonyl (C=O) groups excluding carboxylic acids is 2. The fraction of sp³-hybridized carbons (Fsp3) is 0.680. The number of hydrogen-bond donors (Lipinski definition) is 1. The van der Waals surface area contributed by atoms with Crippen LogP contribution in [0.3, 0.4) is 0 Å². The van der Waals surface area contributed by atoms with E-state index < -0.39 is 0 Å². The van der Waals surface area contributed by atoms with E-state index in [1.165, 1.54) is 12.8 Å². The molecule has 0 spiro atoms. The first-order valence-electron chi connectivity index (χ1n) is 12.1. The number of anilines is 1. The van der Waals surface area contributed by atoms with E-state index in [0.717, 1.165) is 68.9 Å². The number of nitrogens with one attached hydrogen (secondary N) is 1. The first-order chi connectivity index (χ1) is 15.4. The van der Waals surface area contributed by atoms with Crippen LogP contribution in [-0.2, 0) is 20.9 Å². The molecule has 1 aromatic rings. The second kappa shape index (κ2) is 10.5. The monoisotopic (exact) mass is 461 g/mol. The van der Waals surface area contributed by atoms with Crippen LogP contribution in [0.5, 0.6) is 0 Å². The molecule has 176 valence electrons. The molecule has 2 atom stereocenters. The number of hydrogen-bond acceptors (Lipinski definition) is 4. The largest absolute Gasteiger partial charge is 0.381 e. The zero-order chi connectivity index (χ0) is 22.7. The van der Waals surface area contributed by atoms with Crippen LogP contribution in [0.4, 0.5) is 5.69 Å².